The molecule has 4 unspecified atom stereocenters. The first-order chi connectivity index (χ1) is 15.4. The molecule has 0 aliphatic carbocycles. The molecular weight excluding hydrogens is 456 g/mol. The second kappa shape index (κ2) is 13.3. The molecule has 0 aliphatic rings. The third kappa shape index (κ3) is 9.78. The van der Waals surface area contributed by atoms with E-state index in [-0.39, 0.29) is 30.8 Å². The summed E-state index contributed by atoms with van der Waals surface area (Å²) < 4.78 is 0. The van der Waals surface area contributed by atoms with E-state index in [0.29, 0.717) is 5.56 Å². The lowest BCUT2D eigenvalue weighted by Crippen LogP contribution is -2.57. The quantitative estimate of drug-likeness (QED) is 0.155. The minimum Gasteiger partial charge on any atom is -0.508 e. The van der Waals surface area contributed by atoms with E-state index >= 15 is 0 Å². The summed E-state index contributed by atoms with van der Waals surface area (Å²) >= 11 is 3.89. The van der Waals surface area contributed by atoms with Crippen LogP contribution in [0.2, 0.25) is 0 Å². The number of benzene rings is 1. The maximum Gasteiger partial charge on any atom is 0.327 e. The average molecular weight is 485 g/mol. The number of hydrogen-bond acceptors (Lipinski definition) is 8. The number of thiol groups is 1. The highest BCUT2D eigenvalue weighted by atomic mass is 32.1. The number of carbonyl (C=O) groups is 5. The number of carboxylic acids is 2. The van der Waals surface area contributed by atoms with E-state index in [1.165, 1.54) is 31.2 Å². The molecule has 0 radical (unpaired) electrons. The molecule has 0 aromatic heterocycles. The predicted octanol–water partition coefficient (Wildman–Crippen LogP) is -1.38. The first kappa shape index (κ1) is 27.7. The molecule has 0 saturated heterocycles. The van der Waals surface area contributed by atoms with Crippen LogP contribution in [-0.4, -0.2) is 74.9 Å². The molecule has 0 spiro atoms. The lowest BCUT2D eigenvalue weighted by molar-refractivity contribution is -0.141. The monoisotopic (exact) mass is 484 g/mol. The number of nitrogens with one attached hydrogen (secondary N) is 3. The predicted molar refractivity (Wildman–Crippen MR) is 120 cm³/mol. The topological polar surface area (TPSA) is 208 Å². The van der Waals surface area contributed by atoms with Crippen molar-refractivity contribution in [2.24, 2.45) is 5.73 Å². The largest absolute Gasteiger partial charge is 0.508 e. The van der Waals surface area contributed by atoms with Crippen molar-refractivity contribution in [1.29, 1.82) is 0 Å². The summed E-state index contributed by atoms with van der Waals surface area (Å²) in [6.45, 7) is 1.35. The zero-order valence-corrected chi connectivity index (χ0v) is 18.7. The van der Waals surface area contributed by atoms with Gasteiger partial charge in [-0.1, -0.05) is 12.1 Å². The van der Waals surface area contributed by atoms with Crippen molar-refractivity contribution in [2.45, 2.75) is 50.4 Å². The van der Waals surface area contributed by atoms with E-state index in [1.807, 2.05) is 0 Å². The van der Waals surface area contributed by atoms with Gasteiger partial charge in [-0.15, -0.1) is 0 Å². The zero-order valence-electron chi connectivity index (χ0n) is 17.9. The lowest BCUT2D eigenvalue weighted by atomic mass is 10.0. The molecule has 13 heteroatoms. The maximum atomic E-state index is 12.7. The molecule has 0 heterocycles. The number of aromatic hydroxyl groups is 1. The van der Waals surface area contributed by atoms with Crippen LogP contribution in [0.5, 0.6) is 5.75 Å². The van der Waals surface area contributed by atoms with E-state index in [9.17, 15) is 29.1 Å². The number of phenols is 1. The van der Waals surface area contributed by atoms with Gasteiger partial charge in [0.15, 0.2) is 0 Å². The van der Waals surface area contributed by atoms with Gasteiger partial charge in [0.25, 0.3) is 0 Å². The van der Waals surface area contributed by atoms with Gasteiger partial charge in [0, 0.05) is 18.6 Å². The number of rotatable bonds is 13. The number of amides is 3. The normalized spacial score (nSPS) is 14.3. The van der Waals surface area contributed by atoms with Gasteiger partial charge < -0.3 is 37.0 Å². The van der Waals surface area contributed by atoms with E-state index in [4.69, 9.17) is 15.9 Å². The molecule has 12 nitrogen and oxygen atoms in total. The first-order valence-electron chi connectivity index (χ1n) is 9.94. The van der Waals surface area contributed by atoms with Crippen molar-refractivity contribution in [2.75, 3.05) is 5.75 Å². The molecule has 0 bridgehead atoms. The third-order valence-electron chi connectivity index (χ3n) is 4.56. The van der Waals surface area contributed by atoms with Crippen LogP contribution in [0.1, 0.15) is 25.3 Å². The first-order valence-corrected chi connectivity index (χ1v) is 10.6. The fourth-order valence-electron chi connectivity index (χ4n) is 2.63. The number of nitrogens with two attached hydrogens (primary N) is 1. The van der Waals surface area contributed by atoms with E-state index in [2.05, 4.69) is 28.6 Å². The maximum absolute atomic E-state index is 12.7. The third-order valence-corrected chi connectivity index (χ3v) is 4.93. The van der Waals surface area contributed by atoms with Gasteiger partial charge in [-0.05, 0) is 31.0 Å². The summed E-state index contributed by atoms with van der Waals surface area (Å²) in [5.41, 5.74) is 6.19. The molecule has 0 saturated carbocycles. The Bertz CT molecular complexity index is 864. The second-order valence-corrected chi connectivity index (χ2v) is 7.65. The summed E-state index contributed by atoms with van der Waals surface area (Å²) in [5, 5.41) is 34.3. The van der Waals surface area contributed by atoms with Gasteiger partial charge >= 0.3 is 11.9 Å². The Balaban J connectivity index is 2.89. The van der Waals surface area contributed by atoms with Crippen molar-refractivity contribution in [3.05, 3.63) is 29.8 Å². The Kier molecular flexibility index (Phi) is 11.2. The molecule has 0 aliphatic heterocycles. The molecule has 0 fully saturated rings. The number of carbonyl (C=O) groups excluding carboxylic acids is 3. The van der Waals surface area contributed by atoms with Crippen molar-refractivity contribution in [3.8, 4) is 5.75 Å². The molecule has 3 amide bonds. The average Bonchev–Trinajstić information content (AvgIpc) is 2.75. The van der Waals surface area contributed by atoms with Gasteiger partial charge in [0.1, 0.15) is 23.9 Å². The van der Waals surface area contributed by atoms with Crippen molar-refractivity contribution in [1.82, 2.24) is 16.0 Å². The molecule has 1 rings (SSSR count). The number of aliphatic carboxylic acids is 2. The summed E-state index contributed by atoms with van der Waals surface area (Å²) in [6, 6.07) is 1.09. The fourth-order valence-corrected chi connectivity index (χ4v) is 2.88. The van der Waals surface area contributed by atoms with E-state index < -0.39 is 53.8 Å². The number of hydrogen-bond donors (Lipinski definition) is 8. The molecular formula is C20H28N4O8S. The zero-order chi connectivity index (χ0) is 25.1. The lowest BCUT2D eigenvalue weighted by Gasteiger charge is -2.23. The highest BCUT2D eigenvalue weighted by Gasteiger charge is 2.28. The molecule has 182 valence electrons. The molecule has 4 atom stereocenters. The highest BCUT2D eigenvalue weighted by Crippen LogP contribution is 2.12. The molecule has 1 aromatic carbocycles. The Hall–Kier alpha value is -3.32. The molecule has 1 aromatic rings. The van der Waals surface area contributed by atoms with E-state index in [0.717, 1.165) is 0 Å². The van der Waals surface area contributed by atoms with Crippen LogP contribution in [-0.2, 0) is 30.4 Å². The summed E-state index contributed by atoms with van der Waals surface area (Å²) in [5.74, 6) is -4.86. The summed E-state index contributed by atoms with van der Waals surface area (Å²) in [7, 11) is 0. The highest BCUT2D eigenvalue weighted by molar-refractivity contribution is 7.80. The minimum absolute atomic E-state index is 0.000346. The molecule has 33 heavy (non-hydrogen) atoms. The van der Waals surface area contributed by atoms with Crippen molar-refractivity contribution < 1.29 is 39.3 Å². The van der Waals surface area contributed by atoms with E-state index in [1.54, 1.807) is 0 Å². The van der Waals surface area contributed by atoms with Crippen LogP contribution in [0.4, 0.5) is 0 Å². The van der Waals surface area contributed by atoms with Crippen LogP contribution in [0.25, 0.3) is 0 Å². The number of phenolic OH excluding ortho intramolecular Hbond substituents is 1. The second-order valence-electron chi connectivity index (χ2n) is 7.28. The summed E-state index contributed by atoms with van der Waals surface area (Å²) in [6.07, 6.45) is -0.475. The Morgan fingerprint density at radius 2 is 1.52 bits per heavy atom. The fraction of sp³-hybridized carbons (Fsp3) is 0.450. The van der Waals surface area contributed by atoms with Gasteiger partial charge in [-0.2, -0.15) is 12.6 Å². The van der Waals surface area contributed by atoms with Crippen molar-refractivity contribution in [3.63, 3.8) is 0 Å². The minimum atomic E-state index is -1.30. The Morgan fingerprint density at radius 3 is 2.03 bits per heavy atom. The van der Waals surface area contributed by atoms with Gasteiger partial charge in [-0.3, -0.25) is 19.2 Å². The van der Waals surface area contributed by atoms with Gasteiger partial charge in [0.2, 0.25) is 17.7 Å². The molecule has 8 N–H and O–H groups in total. The summed E-state index contributed by atoms with van der Waals surface area (Å²) in [4.78, 5) is 59.2. The van der Waals surface area contributed by atoms with Crippen LogP contribution in [0.15, 0.2) is 24.3 Å². The van der Waals surface area contributed by atoms with Crippen LogP contribution >= 0.6 is 12.6 Å². The Labute approximate surface area is 195 Å². The van der Waals surface area contributed by atoms with Crippen LogP contribution < -0.4 is 21.7 Å². The van der Waals surface area contributed by atoms with Crippen LogP contribution in [0, 0.1) is 0 Å². The Morgan fingerprint density at radius 1 is 0.939 bits per heavy atom. The SMILES string of the molecule is CC(NC(=O)C(N)CCC(=O)O)C(=O)NC(Cc1ccc(O)cc1)C(=O)NC(CS)C(=O)O. The van der Waals surface area contributed by atoms with Gasteiger partial charge in [0.05, 0.1) is 6.04 Å². The number of carboxylic acid groups (broad SMARTS) is 2. The van der Waals surface area contributed by atoms with Gasteiger partial charge in [-0.25, -0.2) is 4.79 Å². The van der Waals surface area contributed by atoms with Crippen molar-refractivity contribution >= 4 is 42.3 Å². The smallest absolute Gasteiger partial charge is 0.327 e. The standard InChI is InChI=1S/C20H28N4O8S/c1-10(22-18(29)13(21)6-7-16(26)27)17(28)23-14(8-11-2-4-12(25)5-3-11)19(30)24-15(9-33)20(31)32/h2-5,10,13-15,25,33H,6-9,21H2,1H3,(H,22,29)(H,23,28)(H,24,30)(H,26,27)(H,31,32). The van der Waals surface area contributed by atoms with Crippen LogP contribution in [0.3, 0.4) is 0 Å².